The Balaban J connectivity index is 3.31. The smallest absolute Gasteiger partial charge is 0.212 e. The molecule has 0 aliphatic carbocycles. The van der Waals surface area contributed by atoms with Crippen molar-refractivity contribution in [3.05, 3.63) is 12.8 Å². The van der Waals surface area contributed by atoms with Gasteiger partial charge in [-0.2, -0.15) is 13.3 Å². The van der Waals surface area contributed by atoms with Crippen LogP contribution in [0.4, 0.5) is 0 Å². The van der Waals surface area contributed by atoms with E-state index in [2.05, 4.69) is 16.4 Å². The van der Waals surface area contributed by atoms with Gasteiger partial charge in [-0.1, -0.05) is 6.58 Å². The molecule has 0 radical (unpaired) electrons. The van der Waals surface area contributed by atoms with Crippen LogP contribution in [0, 0.1) is 0 Å². The Morgan fingerprint density at radius 3 is 2.67 bits per heavy atom. The summed E-state index contributed by atoms with van der Waals surface area (Å²) in [5.74, 6) is 0. The van der Waals surface area contributed by atoms with Gasteiger partial charge in [-0.25, -0.2) is 0 Å². The van der Waals surface area contributed by atoms with Gasteiger partial charge in [0.15, 0.2) is 0 Å². The first kappa shape index (κ1) is 8.19. The predicted molar refractivity (Wildman–Crippen MR) is 32.2 cm³/mol. The molecule has 0 bridgehead atoms. The molecule has 0 heterocycles. The summed E-state index contributed by atoms with van der Waals surface area (Å²) >= 11 is 0. The highest BCUT2D eigenvalue weighted by atomic mass is 32.2. The van der Waals surface area contributed by atoms with Crippen LogP contribution in [0.15, 0.2) is 12.8 Å². The van der Waals surface area contributed by atoms with Crippen LogP contribution >= 0.6 is 0 Å². The zero-order valence-electron chi connectivity index (χ0n) is 4.61. The SMILES string of the molecule is C=COOCC=S(=O)=O. The van der Waals surface area contributed by atoms with Crippen molar-refractivity contribution >= 4 is 15.7 Å². The minimum atomic E-state index is -2.18. The van der Waals surface area contributed by atoms with E-state index < -0.39 is 10.3 Å². The molecule has 0 N–H and O–H groups in total. The molecule has 0 amide bonds. The van der Waals surface area contributed by atoms with Crippen molar-refractivity contribution in [3.8, 4) is 0 Å². The van der Waals surface area contributed by atoms with Crippen LogP contribution in [0.2, 0.25) is 0 Å². The van der Waals surface area contributed by atoms with Gasteiger partial charge in [0.1, 0.15) is 12.9 Å². The van der Waals surface area contributed by atoms with Gasteiger partial charge in [0.2, 0.25) is 10.3 Å². The Kier molecular flexibility index (Phi) is 4.85. The highest BCUT2D eigenvalue weighted by Gasteiger charge is 1.77. The zero-order chi connectivity index (χ0) is 7.11. The molecule has 0 aliphatic rings. The molecule has 4 nitrogen and oxygen atoms in total. The third-order valence-corrected chi connectivity index (χ3v) is 0.816. The third kappa shape index (κ3) is 7.19. The Bertz CT molecular complexity index is 183. The molecule has 0 rings (SSSR count). The molecule has 0 aliphatic heterocycles. The van der Waals surface area contributed by atoms with Gasteiger partial charge in [-0.3, -0.25) is 0 Å². The molecular formula is C4H6O4S. The van der Waals surface area contributed by atoms with Crippen LogP contribution in [0.3, 0.4) is 0 Å². The number of hydrogen-bond donors (Lipinski definition) is 0. The van der Waals surface area contributed by atoms with E-state index in [1.807, 2.05) is 0 Å². The van der Waals surface area contributed by atoms with Crippen molar-refractivity contribution in [2.45, 2.75) is 0 Å². The van der Waals surface area contributed by atoms with Crippen molar-refractivity contribution in [2.24, 2.45) is 0 Å². The van der Waals surface area contributed by atoms with Crippen molar-refractivity contribution in [3.63, 3.8) is 0 Å². The lowest BCUT2D eigenvalue weighted by molar-refractivity contribution is -0.233. The second kappa shape index (κ2) is 5.33. The van der Waals surface area contributed by atoms with Crippen molar-refractivity contribution in [1.29, 1.82) is 0 Å². The maximum Gasteiger partial charge on any atom is 0.212 e. The Hall–Kier alpha value is -0.810. The van der Waals surface area contributed by atoms with Crippen LogP contribution < -0.4 is 0 Å². The topological polar surface area (TPSA) is 52.6 Å². The Morgan fingerprint density at radius 2 is 2.22 bits per heavy atom. The van der Waals surface area contributed by atoms with E-state index in [0.29, 0.717) is 0 Å². The molecule has 0 fully saturated rings. The summed E-state index contributed by atoms with van der Waals surface area (Å²) in [6, 6.07) is 0. The highest BCUT2D eigenvalue weighted by Crippen LogP contribution is 1.72. The average Bonchev–Trinajstić information content (AvgIpc) is 1.80. The normalized spacial score (nSPS) is 8.00. The molecule has 5 heteroatoms. The lowest BCUT2D eigenvalue weighted by atomic mass is 10.9. The van der Waals surface area contributed by atoms with E-state index in [-0.39, 0.29) is 6.61 Å². The van der Waals surface area contributed by atoms with Gasteiger partial charge in [0.25, 0.3) is 0 Å². The minimum absolute atomic E-state index is 0.0951. The molecule has 52 valence electrons. The Labute approximate surface area is 54.2 Å². The number of rotatable bonds is 4. The van der Waals surface area contributed by atoms with Gasteiger partial charge >= 0.3 is 0 Å². The summed E-state index contributed by atoms with van der Waals surface area (Å²) < 4.78 is 19.5. The van der Waals surface area contributed by atoms with Crippen LogP contribution in [-0.2, 0) is 20.1 Å². The molecule has 0 saturated carbocycles. The quantitative estimate of drug-likeness (QED) is 0.182. The molecule has 9 heavy (non-hydrogen) atoms. The monoisotopic (exact) mass is 150 g/mol. The van der Waals surface area contributed by atoms with E-state index >= 15 is 0 Å². The van der Waals surface area contributed by atoms with Gasteiger partial charge in [0.05, 0.1) is 5.37 Å². The first-order valence-electron chi connectivity index (χ1n) is 2.08. The summed E-state index contributed by atoms with van der Waals surface area (Å²) in [6.45, 7) is 3.07. The van der Waals surface area contributed by atoms with E-state index in [9.17, 15) is 8.42 Å². The molecule has 0 atom stereocenters. The van der Waals surface area contributed by atoms with Crippen LogP contribution in [0.25, 0.3) is 0 Å². The second-order valence-corrected chi connectivity index (χ2v) is 1.83. The summed E-state index contributed by atoms with van der Waals surface area (Å²) in [5, 5.41) is 0.920. The Morgan fingerprint density at radius 1 is 1.56 bits per heavy atom. The summed E-state index contributed by atoms with van der Waals surface area (Å²) in [5.41, 5.74) is 0. The van der Waals surface area contributed by atoms with Gasteiger partial charge < -0.3 is 4.89 Å². The lowest BCUT2D eigenvalue weighted by Crippen LogP contribution is -1.92. The summed E-state index contributed by atoms with van der Waals surface area (Å²) in [6.07, 6.45) is 1.06. The largest absolute Gasteiger partial charge is 0.346 e. The maximum atomic E-state index is 9.75. The van der Waals surface area contributed by atoms with Crippen LogP contribution in [-0.4, -0.2) is 20.4 Å². The average molecular weight is 150 g/mol. The van der Waals surface area contributed by atoms with Crippen molar-refractivity contribution < 1.29 is 18.2 Å². The van der Waals surface area contributed by atoms with Gasteiger partial charge in [-0.15, -0.1) is 0 Å². The molecule has 0 unspecified atom stereocenters. The molecule has 0 aromatic heterocycles. The van der Waals surface area contributed by atoms with E-state index in [0.717, 1.165) is 11.6 Å². The van der Waals surface area contributed by atoms with E-state index in [1.165, 1.54) is 0 Å². The van der Waals surface area contributed by atoms with Crippen LogP contribution in [0.1, 0.15) is 0 Å². The first-order valence-corrected chi connectivity index (χ1v) is 3.21. The first-order chi connectivity index (χ1) is 4.27. The second-order valence-electron chi connectivity index (χ2n) is 0.975. The van der Waals surface area contributed by atoms with Crippen molar-refractivity contribution in [2.75, 3.05) is 6.61 Å². The van der Waals surface area contributed by atoms with Crippen molar-refractivity contribution in [1.82, 2.24) is 0 Å². The van der Waals surface area contributed by atoms with E-state index in [1.54, 1.807) is 0 Å². The minimum Gasteiger partial charge on any atom is -0.346 e. The third-order valence-electron chi connectivity index (χ3n) is 0.408. The standard InChI is InChI=1S/C4H6O4S/c1-2-7-8-3-4-9(5)6/h2,4H,1,3H2. The fraction of sp³-hybridized carbons (Fsp3) is 0.250. The summed E-state index contributed by atoms with van der Waals surface area (Å²) in [4.78, 5) is 8.37. The van der Waals surface area contributed by atoms with E-state index in [4.69, 9.17) is 0 Å². The summed E-state index contributed by atoms with van der Waals surface area (Å²) in [7, 11) is -2.18. The molecule has 0 aromatic rings. The van der Waals surface area contributed by atoms with Gasteiger partial charge in [-0.05, 0) is 0 Å². The maximum absolute atomic E-state index is 9.75. The fourth-order valence-electron chi connectivity index (χ4n) is 0.171. The molecule has 0 aromatic carbocycles. The lowest BCUT2D eigenvalue weighted by Gasteiger charge is -1.90. The fourth-order valence-corrected chi connectivity index (χ4v) is 0.337. The zero-order valence-corrected chi connectivity index (χ0v) is 5.43. The molecule has 0 saturated heterocycles. The van der Waals surface area contributed by atoms with Crippen LogP contribution in [0.5, 0.6) is 0 Å². The number of hydrogen-bond acceptors (Lipinski definition) is 4. The van der Waals surface area contributed by atoms with Gasteiger partial charge in [0, 0.05) is 0 Å². The predicted octanol–water partition coefficient (Wildman–Crippen LogP) is -0.241. The molecular weight excluding hydrogens is 144 g/mol. The molecule has 0 spiro atoms. The highest BCUT2D eigenvalue weighted by molar-refractivity contribution is 7.71.